The maximum Gasteiger partial charge on any atom is 0.289 e. The Morgan fingerprint density at radius 1 is 1.50 bits per heavy atom. The second-order valence-electron chi connectivity index (χ2n) is 2.17. The first-order valence-corrected chi connectivity index (χ1v) is 3.39. The largest absolute Gasteiger partial charge is 0.366 e. The van der Waals surface area contributed by atoms with Crippen molar-refractivity contribution in [3.05, 3.63) is 47.1 Å². The molecule has 0 atom stereocenters. The summed E-state index contributed by atoms with van der Waals surface area (Å²) in [6.45, 7) is 0. The highest BCUT2D eigenvalue weighted by Gasteiger charge is 2.01. The summed E-state index contributed by atoms with van der Waals surface area (Å²) >= 11 is 0. The molecule has 0 N–H and O–H groups in total. The second-order valence-corrected chi connectivity index (χ2v) is 2.17. The van der Waals surface area contributed by atoms with E-state index in [0.29, 0.717) is 5.82 Å². The van der Waals surface area contributed by atoms with Crippen LogP contribution in [0.5, 0.6) is 0 Å². The number of rotatable bonds is 1. The standard InChI is InChI=1S/C8H5N2O2/c11-8-4-6-12-10(8)7-3-1-2-5-9-7/h1-5H. The molecule has 2 aromatic heterocycles. The van der Waals surface area contributed by atoms with Crippen molar-refractivity contribution in [3.63, 3.8) is 0 Å². The van der Waals surface area contributed by atoms with Crippen molar-refractivity contribution in [2.75, 3.05) is 0 Å². The Morgan fingerprint density at radius 2 is 2.42 bits per heavy atom. The van der Waals surface area contributed by atoms with Crippen LogP contribution < -0.4 is 5.56 Å². The minimum Gasteiger partial charge on any atom is -0.366 e. The van der Waals surface area contributed by atoms with Gasteiger partial charge in [-0.1, -0.05) is 6.07 Å². The van der Waals surface area contributed by atoms with Gasteiger partial charge >= 0.3 is 0 Å². The van der Waals surface area contributed by atoms with E-state index in [9.17, 15) is 4.79 Å². The smallest absolute Gasteiger partial charge is 0.289 e. The Labute approximate surface area is 68.0 Å². The van der Waals surface area contributed by atoms with E-state index < -0.39 is 0 Å². The lowest BCUT2D eigenvalue weighted by Crippen LogP contribution is -2.11. The van der Waals surface area contributed by atoms with E-state index in [-0.39, 0.29) is 5.56 Å². The molecule has 2 heterocycles. The summed E-state index contributed by atoms with van der Waals surface area (Å²) in [7, 11) is 0. The number of pyridine rings is 1. The van der Waals surface area contributed by atoms with Gasteiger partial charge in [0.25, 0.3) is 5.56 Å². The molecule has 59 valence electrons. The topological polar surface area (TPSA) is 48.0 Å². The maximum atomic E-state index is 11.0. The summed E-state index contributed by atoms with van der Waals surface area (Å²) in [4.78, 5) is 14.9. The van der Waals surface area contributed by atoms with Crippen LogP contribution in [0.1, 0.15) is 0 Å². The number of hydrogen-bond acceptors (Lipinski definition) is 3. The monoisotopic (exact) mass is 161 g/mol. The lowest BCUT2D eigenvalue weighted by atomic mass is 10.5. The molecule has 0 aliphatic heterocycles. The molecule has 0 aliphatic carbocycles. The lowest BCUT2D eigenvalue weighted by Gasteiger charge is -1.94. The van der Waals surface area contributed by atoms with Crippen LogP contribution in [0.2, 0.25) is 0 Å². The summed E-state index contributed by atoms with van der Waals surface area (Å²) in [5.74, 6) is 0.462. The minimum atomic E-state index is -0.270. The predicted octanol–water partition coefficient (Wildman–Crippen LogP) is 0.626. The molecule has 0 amide bonds. The fourth-order valence-corrected chi connectivity index (χ4v) is 0.867. The van der Waals surface area contributed by atoms with Gasteiger partial charge in [-0.05, 0) is 12.1 Å². The van der Waals surface area contributed by atoms with Crippen LogP contribution in [-0.4, -0.2) is 9.72 Å². The predicted molar refractivity (Wildman–Crippen MR) is 40.9 cm³/mol. The van der Waals surface area contributed by atoms with E-state index in [0.717, 1.165) is 4.74 Å². The zero-order valence-electron chi connectivity index (χ0n) is 6.10. The van der Waals surface area contributed by atoms with E-state index in [1.807, 2.05) is 0 Å². The third-order valence-corrected chi connectivity index (χ3v) is 1.38. The normalized spacial score (nSPS) is 10.0. The van der Waals surface area contributed by atoms with Crippen LogP contribution in [0.15, 0.2) is 39.8 Å². The van der Waals surface area contributed by atoms with Crippen molar-refractivity contribution < 1.29 is 4.52 Å². The van der Waals surface area contributed by atoms with Crippen LogP contribution in [0.4, 0.5) is 0 Å². The molecule has 0 fully saturated rings. The van der Waals surface area contributed by atoms with Gasteiger partial charge in [0.2, 0.25) is 6.26 Å². The Bertz CT molecular complexity index is 416. The molecule has 0 saturated carbocycles. The number of aromatic nitrogens is 2. The van der Waals surface area contributed by atoms with Gasteiger partial charge in [-0.3, -0.25) is 4.79 Å². The van der Waals surface area contributed by atoms with E-state index in [1.54, 1.807) is 24.4 Å². The molecule has 1 radical (unpaired) electrons. The molecule has 4 nitrogen and oxygen atoms in total. The molecule has 4 heteroatoms. The van der Waals surface area contributed by atoms with Gasteiger partial charge in [0.05, 0.1) is 6.07 Å². The van der Waals surface area contributed by atoms with Crippen molar-refractivity contribution in [3.8, 4) is 5.82 Å². The first kappa shape index (κ1) is 6.84. The Kier molecular flexibility index (Phi) is 1.51. The third kappa shape index (κ3) is 1.03. The van der Waals surface area contributed by atoms with Crippen LogP contribution in [0, 0.1) is 6.26 Å². The Morgan fingerprint density at radius 3 is 3.00 bits per heavy atom. The molecule has 0 spiro atoms. The molecular weight excluding hydrogens is 156 g/mol. The van der Waals surface area contributed by atoms with Crippen LogP contribution >= 0.6 is 0 Å². The molecule has 2 rings (SSSR count). The quantitative estimate of drug-likeness (QED) is 0.616. The fraction of sp³-hybridized carbons (Fsp3) is 0. The molecule has 2 aromatic rings. The highest BCUT2D eigenvalue weighted by Crippen LogP contribution is 1.97. The molecule has 0 saturated heterocycles. The van der Waals surface area contributed by atoms with E-state index in [4.69, 9.17) is 4.52 Å². The van der Waals surface area contributed by atoms with Crippen LogP contribution in [-0.2, 0) is 0 Å². The average molecular weight is 161 g/mol. The maximum absolute atomic E-state index is 11.0. The minimum absolute atomic E-state index is 0.270. The SMILES string of the molecule is O=c1c[c]on1-c1ccccn1. The molecule has 0 bridgehead atoms. The molecule has 0 aliphatic rings. The van der Waals surface area contributed by atoms with Crippen molar-refractivity contribution in [1.29, 1.82) is 0 Å². The van der Waals surface area contributed by atoms with Crippen molar-refractivity contribution in [2.24, 2.45) is 0 Å². The van der Waals surface area contributed by atoms with Gasteiger partial charge in [-0.15, -0.1) is 4.74 Å². The zero-order chi connectivity index (χ0) is 8.39. The molecular formula is C8H5N2O2. The van der Waals surface area contributed by atoms with Gasteiger partial charge in [-0.25, -0.2) is 4.98 Å². The van der Waals surface area contributed by atoms with Gasteiger partial charge in [0.15, 0.2) is 5.82 Å². The number of nitrogens with zero attached hydrogens (tertiary/aromatic N) is 2. The zero-order valence-corrected chi connectivity index (χ0v) is 6.10. The van der Waals surface area contributed by atoms with Crippen LogP contribution in [0.3, 0.4) is 0 Å². The van der Waals surface area contributed by atoms with E-state index in [1.165, 1.54) is 6.07 Å². The summed E-state index contributed by atoms with van der Waals surface area (Å²) in [6.07, 6.45) is 3.92. The van der Waals surface area contributed by atoms with Gasteiger partial charge in [0.1, 0.15) is 0 Å². The second kappa shape index (κ2) is 2.65. The first-order chi connectivity index (χ1) is 5.88. The van der Waals surface area contributed by atoms with E-state index in [2.05, 4.69) is 11.2 Å². The fourth-order valence-electron chi connectivity index (χ4n) is 0.867. The summed E-state index contributed by atoms with van der Waals surface area (Å²) < 4.78 is 5.84. The summed E-state index contributed by atoms with van der Waals surface area (Å²) in [5.41, 5.74) is -0.270. The van der Waals surface area contributed by atoms with Crippen molar-refractivity contribution in [2.45, 2.75) is 0 Å². The summed E-state index contributed by atoms with van der Waals surface area (Å²) in [5, 5.41) is 0. The average Bonchev–Trinajstić information content (AvgIpc) is 2.53. The molecule has 12 heavy (non-hydrogen) atoms. The van der Waals surface area contributed by atoms with Crippen molar-refractivity contribution in [1.82, 2.24) is 9.72 Å². The lowest BCUT2D eigenvalue weighted by molar-refractivity contribution is 0.329. The number of hydrogen-bond donors (Lipinski definition) is 0. The Balaban J connectivity index is 2.59. The van der Waals surface area contributed by atoms with Gasteiger partial charge in [0, 0.05) is 6.20 Å². The van der Waals surface area contributed by atoms with Gasteiger partial charge in [-0.2, -0.15) is 0 Å². The highest BCUT2D eigenvalue weighted by atomic mass is 16.5. The first-order valence-electron chi connectivity index (χ1n) is 3.39. The molecule has 0 unspecified atom stereocenters. The molecule has 0 aromatic carbocycles. The van der Waals surface area contributed by atoms with Gasteiger partial charge < -0.3 is 4.52 Å². The Hall–Kier alpha value is -1.84. The summed E-state index contributed by atoms with van der Waals surface area (Å²) in [6, 6.07) is 6.44. The van der Waals surface area contributed by atoms with Crippen molar-refractivity contribution >= 4 is 0 Å². The van der Waals surface area contributed by atoms with Crippen LogP contribution in [0.25, 0.3) is 5.82 Å². The third-order valence-electron chi connectivity index (χ3n) is 1.38. The highest BCUT2D eigenvalue weighted by molar-refractivity contribution is 5.18. The van der Waals surface area contributed by atoms with E-state index >= 15 is 0 Å².